The number of hydrogen-bond donors (Lipinski definition) is 3. The fraction of sp³-hybridized carbons (Fsp3) is 0.350. The van der Waals surface area contributed by atoms with Crippen molar-refractivity contribution in [3.8, 4) is 11.5 Å². The molecule has 0 radical (unpaired) electrons. The first-order valence-corrected chi connectivity index (χ1v) is 9.22. The van der Waals surface area contributed by atoms with Crippen LogP contribution in [-0.2, 0) is 11.2 Å². The molecule has 0 spiro atoms. The number of nitrogens with one attached hydrogen (secondary N) is 1. The van der Waals surface area contributed by atoms with E-state index in [0.29, 0.717) is 44.6 Å². The Hall–Kier alpha value is -3.29. The molecule has 1 aliphatic heterocycles. The zero-order chi connectivity index (χ0) is 20.1. The number of carbonyl (C=O) groups excluding carboxylic acids is 1. The monoisotopic (exact) mass is 385 g/mol. The standard InChI is InChI=1S/C20H23N3O5/c24-18-6-5-14(13-19(18)25)7-10-21-20(26)15-8-11-22(12-9-15)16-3-1-2-4-17(16)23(27)28/h1-6,13,15,24-25H,7-12H2,(H,21,26). The molecule has 1 heterocycles. The van der Waals surface area contributed by atoms with Crippen LogP contribution in [0, 0.1) is 16.0 Å². The minimum absolute atomic E-state index is 0.0230. The molecule has 0 atom stereocenters. The first kappa shape index (κ1) is 19.5. The van der Waals surface area contributed by atoms with Crippen LogP contribution in [0.3, 0.4) is 0 Å². The number of rotatable bonds is 6. The maximum Gasteiger partial charge on any atom is 0.292 e. The van der Waals surface area contributed by atoms with Gasteiger partial charge in [-0.05, 0) is 43.0 Å². The van der Waals surface area contributed by atoms with E-state index in [1.54, 1.807) is 24.3 Å². The highest BCUT2D eigenvalue weighted by molar-refractivity contribution is 5.79. The zero-order valence-electron chi connectivity index (χ0n) is 15.4. The minimum atomic E-state index is -0.380. The number of hydrogen-bond acceptors (Lipinski definition) is 6. The summed E-state index contributed by atoms with van der Waals surface area (Å²) in [6, 6.07) is 11.3. The Kier molecular flexibility index (Phi) is 5.98. The molecule has 0 unspecified atom stereocenters. The van der Waals surface area contributed by atoms with Gasteiger partial charge in [-0.1, -0.05) is 18.2 Å². The van der Waals surface area contributed by atoms with Gasteiger partial charge in [-0.25, -0.2) is 0 Å². The van der Waals surface area contributed by atoms with Gasteiger partial charge < -0.3 is 20.4 Å². The van der Waals surface area contributed by atoms with Crippen molar-refractivity contribution in [3.63, 3.8) is 0 Å². The van der Waals surface area contributed by atoms with Gasteiger partial charge in [-0.15, -0.1) is 0 Å². The molecule has 2 aromatic carbocycles. The van der Waals surface area contributed by atoms with Crippen molar-refractivity contribution < 1.29 is 19.9 Å². The SMILES string of the molecule is O=C(NCCc1ccc(O)c(O)c1)C1CCN(c2ccccc2[N+](=O)[O-])CC1. The second-order valence-corrected chi connectivity index (χ2v) is 6.87. The van der Waals surface area contributed by atoms with E-state index in [-0.39, 0.29) is 33.9 Å². The number of aromatic hydroxyl groups is 2. The topological polar surface area (TPSA) is 116 Å². The average molecular weight is 385 g/mol. The fourth-order valence-corrected chi connectivity index (χ4v) is 3.47. The molecule has 1 fully saturated rings. The third kappa shape index (κ3) is 4.51. The van der Waals surface area contributed by atoms with Gasteiger partial charge in [0.25, 0.3) is 5.69 Å². The summed E-state index contributed by atoms with van der Waals surface area (Å²) in [4.78, 5) is 25.2. The number of amides is 1. The van der Waals surface area contributed by atoms with E-state index in [1.807, 2.05) is 4.90 Å². The van der Waals surface area contributed by atoms with Crippen LogP contribution in [0.4, 0.5) is 11.4 Å². The van der Waals surface area contributed by atoms with Crippen molar-refractivity contribution in [2.45, 2.75) is 19.3 Å². The number of carbonyl (C=O) groups is 1. The van der Waals surface area contributed by atoms with Crippen LogP contribution >= 0.6 is 0 Å². The summed E-state index contributed by atoms with van der Waals surface area (Å²) in [5.74, 6) is -0.484. The molecule has 8 nitrogen and oxygen atoms in total. The first-order chi connectivity index (χ1) is 13.5. The van der Waals surface area contributed by atoms with Crippen LogP contribution in [0.5, 0.6) is 11.5 Å². The highest BCUT2D eigenvalue weighted by Gasteiger charge is 2.27. The van der Waals surface area contributed by atoms with Crippen molar-refractivity contribution >= 4 is 17.3 Å². The molecule has 1 amide bonds. The molecule has 1 saturated heterocycles. The van der Waals surface area contributed by atoms with Crippen molar-refractivity contribution in [2.24, 2.45) is 5.92 Å². The Morgan fingerprint density at radius 3 is 2.54 bits per heavy atom. The summed E-state index contributed by atoms with van der Waals surface area (Å²) in [6.45, 7) is 1.62. The van der Waals surface area contributed by atoms with Gasteiger partial charge >= 0.3 is 0 Å². The van der Waals surface area contributed by atoms with Crippen molar-refractivity contribution in [3.05, 3.63) is 58.1 Å². The molecule has 0 aromatic heterocycles. The van der Waals surface area contributed by atoms with Crippen molar-refractivity contribution in [1.29, 1.82) is 0 Å². The van der Waals surface area contributed by atoms with Gasteiger partial charge in [0.1, 0.15) is 5.69 Å². The van der Waals surface area contributed by atoms with Crippen LogP contribution in [0.2, 0.25) is 0 Å². The minimum Gasteiger partial charge on any atom is -0.504 e. The summed E-state index contributed by atoms with van der Waals surface area (Å²) < 4.78 is 0. The Labute approximate surface area is 162 Å². The van der Waals surface area contributed by atoms with Gasteiger partial charge in [-0.2, -0.15) is 0 Å². The van der Waals surface area contributed by atoms with E-state index in [0.717, 1.165) is 5.56 Å². The van der Waals surface area contributed by atoms with Gasteiger partial charge in [-0.3, -0.25) is 14.9 Å². The number of phenolic OH excluding ortho intramolecular Hbond substituents is 2. The molecular formula is C20H23N3O5. The van der Waals surface area contributed by atoms with Crippen molar-refractivity contribution in [2.75, 3.05) is 24.5 Å². The summed E-state index contributed by atoms with van der Waals surface area (Å²) in [5, 5.41) is 32.9. The number of anilines is 1. The Bertz CT molecular complexity index is 863. The van der Waals surface area contributed by atoms with Gasteiger partial charge in [0.2, 0.25) is 5.91 Å². The van der Waals surface area contributed by atoms with Crippen LogP contribution < -0.4 is 10.2 Å². The summed E-state index contributed by atoms with van der Waals surface area (Å²) >= 11 is 0. The van der Waals surface area contributed by atoms with E-state index in [2.05, 4.69) is 5.32 Å². The molecule has 3 N–H and O–H groups in total. The number of benzene rings is 2. The number of nitrogens with zero attached hydrogens (tertiary/aromatic N) is 2. The fourth-order valence-electron chi connectivity index (χ4n) is 3.47. The lowest BCUT2D eigenvalue weighted by molar-refractivity contribution is -0.384. The molecule has 148 valence electrons. The van der Waals surface area contributed by atoms with E-state index in [9.17, 15) is 25.1 Å². The lowest BCUT2D eigenvalue weighted by Crippen LogP contribution is -2.41. The molecule has 0 saturated carbocycles. The Morgan fingerprint density at radius 2 is 1.86 bits per heavy atom. The molecule has 2 aromatic rings. The number of piperidine rings is 1. The lowest BCUT2D eigenvalue weighted by Gasteiger charge is -2.32. The maximum atomic E-state index is 12.4. The summed E-state index contributed by atoms with van der Waals surface area (Å²) in [7, 11) is 0. The Balaban J connectivity index is 1.49. The Morgan fingerprint density at radius 1 is 1.14 bits per heavy atom. The maximum absolute atomic E-state index is 12.4. The number of nitro groups is 1. The van der Waals surface area contributed by atoms with Crippen LogP contribution in [0.1, 0.15) is 18.4 Å². The smallest absolute Gasteiger partial charge is 0.292 e. The molecule has 1 aliphatic rings. The zero-order valence-corrected chi connectivity index (χ0v) is 15.4. The third-order valence-corrected chi connectivity index (χ3v) is 5.04. The van der Waals surface area contributed by atoms with E-state index in [4.69, 9.17) is 0 Å². The quantitative estimate of drug-likeness (QED) is 0.400. The molecule has 0 aliphatic carbocycles. The van der Waals surface area contributed by atoms with Crippen LogP contribution in [-0.4, -0.2) is 40.7 Å². The van der Waals surface area contributed by atoms with Gasteiger partial charge in [0.15, 0.2) is 11.5 Å². The third-order valence-electron chi connectivity index (χ3n) is 5.04. The molecule has 28 heavy (non-hydrogen) atoms. The van der Waals surface area contributed by atoms with Gasteiger partial charge in [0, 0.05) is 31.6 Å². The van der Waals surface area contributed by atoms with E-state index < -0.39 is 0 Å². The van der Waals surface area contributed by atoms with Crippen LogP contribution in [0.25, 0.3) is 0 Å². The first-order valence-electron chi connectivity index (χ1n) is 9.22. The van der Waals surface area contributed by atoms with E-state index in [1.165, 1.54) is 18.2 Å². The predicted octanol–water partition coefficient (Wildman–Crippen LogP) is 2.58. The van der Waals surface area contributed by atoms with E-state index >= 15 is 0 Å². The number of nitro benzene ring substituents is 1. The van der Waals surface area contributed by atoms with Crippen molar-refractivity contribution in [1.82, 2.24) is 5.32 Å². The molecule has 0 bridgehead atoms. The number of para-hydroxylation sites is 2. The highest BCUT2D eigenvalue weighted by Crippen LogP contribution is 2.31. The van der Waals surface area contributed by atoms with Gasteiger partial charge in [0.05, 0.1) is 4.92 Å². The molecule has 3 rings (SSSR count). The molecular weight excluding hydrogens is 362 g/mol. The highest BCUT2D eigenvalue weighted by atomic mass is 16.6. The predicted molar refractivity (Wildman–Crippen MR) is 105 cm³/mol. The second-order valence-electron chi connectivity index (χ2n) is 6.87. The van der Waals surface area contributed by atoms with Crippen LogP contribution in [0.15, 0.2) is 42.5 Å². The summed E-state index contributed by atoms with van der Waals surface area (Å²) in [5.41, 5.74) is 1.50. The normalized spacial score (nSPS) is 14.6. The molecule has 8 heteroatoms. The summed E-state index contributed by atoms with van der Waals surface area (Å²) in [6.07, 6.45) is 1.82. The largest absolute Gasteiger partial charge is 0.504 e. The second kappa shape index (κ2) is 8.60. The number of phenols is 2. The lowest BCUT2D eigenvalue weighted by atomic mass is 9.95. The average Bonchev–Trinajstić information content (AvgIpc) is 2.70.